The fourth-order valence-corrected chi connectivity index (χ4v) is 3.84. The third kappa shape index (κ3) is 5.28. The van der Waals surface area contributed by atoms with E-state index in [2.05, 4.69) is 4.72 Å². The number of ether oxygens (including phenoxy) is 1. The summed E-state index contributed by atoms with van der Waals surface area (Å²) in [6.07, 6.45) is 0. The number of benzene rings is 3. The van der Waals surface area contributed by atoms with Crippen molar-refractivity contribution >= 4 is 33.3 Å². The monoisotopic (exact) mass is 431 g/mol. The molecule has 0 spiro atoms. The Balaban J connectivity index is 1.77. The molecule has 3 aromatic rings. The van der Waals surface area contributed by atoms with Crippen LogP contribution >= 0.6 is 11.6 Å². The number of alkyl halides is 1. The average molecular weight is 432 g/mol. The minimum atomic E-state index is -3.99. The van der Waals surface area contributed by atoms with Crippen molar-refractivity contribution in [3.63, 3.8) is 0 Å². The minimum Gasteiger partial charge on any atom is -0.489 e. The molecule has 0 saturated heterocycles. The highest BCUT2D eigenvalue weighted by molar-refractivity contribution is 7.92. The fourth-order valence-electron chi connectivity index (χ4n) is 2.61. The number of nitrogens with one attached hydrogen (secondary N) is 1. The number of carbonyl (C=O) groups is 1. The number of hydrogen-bond donors (Lipinski definition) is 2. The van der Waals surface area contributed by atoms with Crippen molar-refractivity contribution in [2.24, 2.45) is 0 Å². The summed E-state index contributed by atoms with van der Waals surface area (Å²) in [5.41, 5.74) is 1.38. The molecule has 29 heavy (non-hydrogen) atoms. The predicted octanol–water partition coefficient (Wildman–Crippen LogP) is 4.50. The second-order valence-electron chi connectivity index (χ2n) is 6.17. The van der Waals surface area contributed by atoms with Gasteiger partial charge in [0.2, 0.25) is 0 Å². The molecule has 0 unspecified atom stereocenters. The zero-order valence-electron chi connectivity index (χ0n) is 15.2. The summed E-state index contributed by atoms with van der Waals surface area (Å²) in [4.78, 5) is 11.4. The van der Waals surface area contributed by atoms with E-state index in [1.807, 2.05) is 30.3 Å². The lowest BCUT2D eigenvalue weighted by atomic mass is 10.1. The molecule has 0 radical (unpaired) electrons. The minimum absolute atomic E-state index is 0.0165. The number of rotatable bonds is 8. The van der Waals surface area contributed by atoms with Crippen LogP contribution in [0.25, 0.3) is 0 Å². The van der Waals surface area contributed by atoms with Crippen LogP contribution in [0, 0.1) is 0 Å². The summed E-state index contributed by atoms with van der Waals surface area (Å²) < 4.78 is 33.4. The van der Waals surface area contributed by atoms with Gasteiger partial charge in [-0.1, -0.05) is 36.4 Å². The molecule has 6 nitrogen and oxygen atoms in total. The smallest absolute Gasteiger partial charge is 0.337 e. The number of carboxylic acids is 1. The van der Waals surface area contributed by atoms with Gasteiger partial charge in [0.1, 0.15) is 12.4 Å². The molecule has 150 valence electrons. The van der Waals surface area contributed by atoms with Gasteiger partial charge in [0.05, 0.1) is 16.1 Å². The van der Waals surface area contributed by atoms with Crippen LogP contribution in [0.5, 0.6) is 5.75 Å². The van der Waals surface area contributed by atoms with E-state index in [-0.39, 0.29) is 22.0 Å². The van der Waals surface area contributed by atoms with Crippen molar-refractivity contribution in [1.82, 2.24) is 0 Å². The second-order valence-corrected chi connectivity index (χ2v) is 8.12. The van der Waals surface area contributed by atoms with E-state index >= 15 is 0 Å². The van der Waals surface area contributed by atoms with Crippen LogP contribution in [0.3, 0.4) is 0 Å². The van der Waals surface area contributed by atoms with E-state index in [4.69, 9.17) is 16.3 Å². The Morgan fingerprint density at radius 3 is 2.28 bits per heavy atom. The fraction of sp³-hybridized carbons (Fsp3) is 0.0952. The number of halogens is 1. The molecule has 3 aromatic carbocycles. The van der Waals surface area contributed by atoms with Crippen LogP contribution in [0.15, 0.2) is 77.7 Å². The van der Waals surface area contributed by atoms with Crippen molar-refractivity contribution < 1.29 is 23.1 Å². The van der Waals surface area contributed by atoms with Crippen LogP contribution in [-0.4, -0.2) is 19.5 Å². The Kier molecular flexibility index (Phi) is 6.41. The normalized spacial score (nSPS) is 11.1. The Morgan fingerprint density at radius 1 is 0.966 bits per heavy atom. The molecule has 0 saturated carbocycles. The summed E-state index contributed by atoms with van der Waals surface area (Å²) in [6.45, 7) is 0.360. The first-order valence-electron chi connectivity index (χ1n) is 8.61. The molecule has 0 aromatic heterocycles. The maximum absolute atomic E-state index is 12.7. The first-order valence-corrected chi connectivity index (χ1v) is 10.6. The molecule has 3 rings (SSSR count). The molecule has 0 heterocycles. The third-order valence-corrected chi connectivity index (χ3v) is 5.79. The molecule has 0 aliphatic heterocycles. The van der Waals surface area contributed by atoms with Crippen molar-refractivity contribution in [3.05, 3.63) is 89.5 Å². The zero-order valence-corrected chi connectivity index (χ0v) is 16.8. The van der Waals surface area contributed by atoms with Crippen LogP contribution < -0.4 is 9.46 Å². The number of sulfonamides is 1. The van der Waals surface area contributed by atoms with Gasteiger partial charge in [-0.3, -0.25) is 4.72 Å². The molecule has 2 N–H and O–H groups in total. The highest BCUT2D eigenvalue weighted by atomic mass is 35.5. The van der Waals surface area contributed by atoms with E-state index in [0.29, 0.717) is 17.9 Å². The predicted molar refractivity (Wildman–Crippen MR) is 111 cm³/mol. The van der Waals surface area contributed by atoms with Crippen LogP contribution in [0.2, 0.25) is 0 Å². The quantitative estimate of drug-likeness (QED) is 0.512. The first-order chi connectivity index (χ1) is 13.9. The van der Waals surface area contributed by atoms with Gasteiger partial charge in [0.25, 0.3) is 10.0 Å². The lowest BCUT2D eigenvalue weighted by Crippen LogP contribution is -2.16. The second kappa shape index (κ2) is 8.98. The number of aromatic carboxylic acids is 1. The standard InChI is InChI=1S/C21H18ClNO5S/c22-13-16-6-11-19(21(24)25)20(12-16)23-29(26,27)18-9-7-17(8-10-18)28-14-15-4-2-1-3-5-15/h1-12,23H,13-14H2,(H,24,25). The van der Waals surface area contributed by atoms with E-state index in [9.17, 15) is 18.3 Å². The van der Waals surface area contributed by atoms with Gasteiger partial charge in [0.15, 0.2) is 0 Å². The lowest BCUT2D eigenvalue weighted by molar-refractivity contribution is 0.0698. The topological polar surface area (TPSA) is 92.7 Å². The summed E-state index contributed by atoms with van der Waals surface area (Å²) >= 11 is 5.77. The molecular formula is C21H18ClNO5S. The molecule has 0 fully saturated rings. The molecule has 0 aliphatic carbocycles. The van der Waals surface area contributed by atoms with Gasteiger partial charge in [-0.15, -0.1) is 11.6 Å². The van der Waals surface area contributed by atoms with E-state index in [1.165, 1.54) is 30.3 Å². The molecule has 0 amide bonds. The van der Waals surface area contributed by atoms with Crippen molar-refractivity contribution in [1.29, 1.82) is 0 Å². The van der Waals surface area contributed by atoms with E-state index in [0.717, 1.165) is 5.56 Å². The Bertz CT molecular complexity index is 1100. The van der Waals surface area contributed by atoms with E-state index < -0.39 is 16.0 Å². The Hall–Kier alpha value is -3.03. The largest absolute Gasteiger partial charge is 0.489 e. The van der Waals surface area contributed by atoms with Gasteiger partial charge in [-0.05, 0) is 47.5 Å². The number of hydrogen-bond acceptors (Lipinski definition) is 4. The highest BCUT2D eigenvalue weighted by Gasteiger charge is 2.19. The summed E-state index contributed by atoms with van der Waals surface area (Å²) in [5.74, 6) is -0.598. The summed E-state index contributed by atoms with van der Waals surface area (Å²) in [6, 6.07) is 19.7. The summed E-state index contributed by atoms with van der Waals surface area (Å²) in [7, 11) is -3.99. The summed E-state index contributed by atoms with van der Waals surface area (Å²) in [5, 5.41) is 9.30. The Labute approximate surface area is 173 Å². The molecule has 0 atom stereocenters. The van der Waals surface area contributed by atoms with Crippen molar-refractivity contribution in [2.45, 2.75) is 17.4 Å². The van der Waals surface area contributed by atoms with Crippen LogP contribution in [0.4, 0.5) is 5.69 Å². The van der Waals surface area contributed by atoms with Gasteiger partial charge >= 0.3 is 5.97 Å². The van der Waals surface area contributed by atoms with Crippen LogP contribution in [0.1, 0.15) is 21.5 Å². The molecule has 0 bridgehead atoms. The maximum Gasteiger partial charge on any atom is 0.337 e. The van der Waals surface area contributed by atoms with E-state index in [1.54, 1.807) is 12.1 Å². The number of carboxylic acid groups (broad SMARTS) is 1. The number of anilines is 1. The third-order valence-electron chi connectivity index (χ3n) is 4.10. The molecule has 0 aliphatic rings. The zero-order chi connectivity index (χ0) is 20.9. The first kappa shape index (κ1) is 20.7. The van der Waals surface area contributed by atoms with Gasteiger partial charge in [-0.2, -0.15) is 0 Å². The average Bonchev–Trinajstić information content (AvgIpc) is 2.72. The maximum atomic E-state index is 12.7. The van der Waals surface area contributed by atoms with Crippen LogP contribution in [-0.2, 0) is 22.5 Å². The Morgan fingerprint density at radius 2 is 1.66 bits per heavy atom. The lowest BCUT2D eigenvalue weighted by Gasteiger charge is -2.12. The van der Waals surface area contributed by atoms with Gasteiger partial charge in [0, 0.05) is 5.88 Å². The highest BCUT2D eigenvalue weighted by Crippen LogP contribution is 2.24. The van der Waals surface area contributed by atoms with Crippen molar-refractivity contribution in [3.8, 4) is 5.75 Å². The van der Waals surface area contributed by atoms with Gasteiger partial charge in [-0.25, -0.2) is 13.2 Å². The SMILES string of the molecule is O=C(O)c1ccc(CCl)cc1NS(=O)(=O)c1ccc(OCc2ccccc2)cc1. The van der Waals surface area contributed by atoms with Gasteiger partial charge < -0.3 is 9.84 Å². The molecule has 8 heteroatoms. The molecular weight excluding hydrogens is 414 g/mol. The van der Waals surface area contributed by atoms with Crippen molar-refractivity contribution in [2.75, 3.05) is 4.72 Å².